The van der Waals surface area contributed by atoms with E-state index in [1.807, 2.05) is 19.9 Å². The van der Waals surface area contributed by atoms with Gasteiger partial charge < -0.3 is 10.6 Å². The molecule has 0 radical (unpaired) electrons. The first-order valence-electron chi connectivity index (χ1n) is 5.97. The molecule has 5 heteroatoms. The lowest BCUT2D eigenvalue weighted by Crippen LogP contribution is -2.41. The smallest absolute Gasteiger partial charge is 0.132 e. The molecule has 1 aromatic rings. The molecule has 1 aliphatic heterocycles. The Hall–Kier alpha value is -1.65. The molecule has 1 aromatic heterocycles. The van der Waals surface area contributed by atoms with Gasteiger partial charge in [0.25, 0.3) is 0 Å². The topological polar surface area (TPSA) is 78.9 Å². The van der Waals surface area contributed by atoms with Crippen LogP contribution in [0.5, 0.6) is 0 Å². The number of aryl methyl sites for hydroxylation is 2. The summed E-state index contributed by atoms with van der Waals surface area (Å²) in [5.74, 6) is 2.21. The number of rotatable bonds is 2. The van der Waals surface area contributed by atoms with Crippen LogP contribution in [0.2, 0.25) is 0 Å². The van der Waals surface area contributed by atoms with E-state index in [0.29, 0.717) is 0 Å². The Labute approximate surface area is 102 Å². The van der Waals surface area contributed by atoms with Gasteiger partial charge in [-0.15, -0.1) is 0 Å². The molecule has 1 aliphatic rings. The standard InChI is InChI=1S/C12H19N5/c1-8-6-11(16-9(2)15-8)17-5-3-4-10(7-17)12(13)14/h6,10H,3-5,7H2,1-2H3,(H3,13,14). The third kappa shape index (κ3) is 2.72. The predicted octanol–water partition coefficient (Wildman–Crippen LogP) is 1.25. The number of nitrogens with zero attached hydrogens (tertiary/aromatic N) is 3. The van der Waals surface area contributed by atoms with Crippen molar-refractivity contribution in [1.82, 2.24) is 9.97 Å². The highest BCUT2D eigenvalue weighted by Crippen LogP contribution is 2.21. The summed E-state index contributed by atoms with van der Waals surface area (Å²) >= 11 is 0. The molecule has 0 saturated carbocycles. The molecular formula is C12H19N5. The summed E-state index contributed by atoms with van der Waals surface area (Å²) in [6.07, 6.45) is 2.07. The number of hydrogen-bond acceptors (Lipinski definition) is 4. The zero-order chi connectivity index (χ0) is 12.4. The van der Waals surface area contributed by atoms with Gasteiger partial charge in [-0.1, -0.05) is 0 Å². The van der Waals surface area contributed by atoms with Crippen molar-refractivity contribution in [2.24, 2.45) is 11.7 Å². The van der Waals surface area contributed by atoms with Gasteiger partial charge in [-0.3, -0.25) is 5.41 Å². The lowest BCUT2D eigenvalue weighted by molar-refractivity contribution is 0.499. The first-order chi connectivity index (χ1) is 8.06. The summed E-state index contributed by atoms with van der Waals surface area (Å²) in [7, 11) is 0. The van der Waals surface area contributed by atoms with Gasteiger partial charge in [-0.25, -0.2) is 9.97 Å². The summed E-state index contributed by atoms with van der Waals surface area (Å²) in [4.78, 5) is 10.9. The van der Waals surface area contributed by atoms with Crippen LogP contribution in [0.25, 0.3) is 0 Å². The van der Waals surface area contributed by atoms with Crippen LogP contribution in [-0.2, 0) is 0 Å². The maximum absolute atomic E-state index is 7.54. The molecule has 3 N–H and O–H groups in total. The van der Waals surface area contributed by atoms with Crippen LogP contribution < -0.4 is 10.6 Å². The predicted molar refractivity (Wildman–Crippen MR) is 68.4 cm³/mol. The lowest BCUT2D eigenvalue weighted by Gasteiger charge is -2.33. The van der Waals surface area contributed by atoms with E-state index in [1.165, 1.54) is 0 Å². The van der Waals surface area contributed by atoms with Gasteiger partial charge in [0.15, 0.2) is 0 Å². The number of piperidine rings is 1. The summed E-state index contributed by atoms with van der Waals surface area (Å²) < 4.78 is 0. The first-order valence-corrected chi connectivity index (χ1v) is 5.97. The molecule has 0 bridgehead atoms. The largest absolute Gasteiger partial charge is 0.387 e. The molecular weight excluding hydrogens is 214 g/mol. The van der Waals surface area contributed by atoms with Crippen LogP contribution in [0.3, 0.4) is 0 Å². The van der Waals surface area contributed by atoms with E-state index in [0.717, 1.165) is 43.3 Å². The van der Waals surface area contributed by atoms with Gasteiger partial charge in [-0.05, 0) is 26.7 Å². The maximum atomic E-state index is 7.54. The van der Waals surface area contributed by atoms with Gasteiger partial charge >= 0.3 is 0 Å². The Balaban J connectivity index is 2.18. The average Bonchev–Trinajstić information content (AvgIpc) is 2.28. The molecule has 0 spiro atoms. The first kappa shape index (κ1) is 11.8. The maximum Gasteiger partial charge on any atom is 0.132 e. The van der Waals surface area contributed by atoms with Crippen molar-refractivity contribution in [3.63, 3.8) is 0 Å². The fourth-order valence-electron chi connectivity index (χ4n) is 2.30. The molecule has 5 nitrogen and oxygen atoms in total. The average molecular weight is 233 g/mol. The summed E-state index contributed by atoms with van der Waals surface area (Å²) in [5.41, 5.74) is 6.57. The van der Waals surface area contributed by atoms with Crippen molar-refractivity contribution >= 4 is 11.7 Å². The Morgan fingerprint density at radius 3 is 2.88 bits per heavy atom. The van der Waals surface area contributed by atoms with E-state index in [1.54, 1.807) is 0 Å². The van der Waals surface area contributed by atoms with E-state index < -0.39 is 0 Å². The van der Waals surface area contributed by atoms with Gasteiger partial charge in [-0.2, -0.15) is 0 Å². The second-order valence-corrected chi connectivity index (χ2v) is 4.66. The number of anilines is 1. The number of nitrogens with one attached hydrogen (secondary N) is 1. The Morgan fingerprint density at radius 2 is 2.24 bits per heavy atom. The third-order valence-corrected chi connectivity index (χ3v) is 3.14. The second kappa shape index (κ2) is 4.69. The minimum absolute atomic E-state index is 0.166. The minimum Gasteiger partial charge on any atom is -0.387 e. The van der Waals surface area contributed by atoms with E-state index >= 15 is 0 Å². The Morgan fingerprint density at radius 1 is 1.47 bits per heavy atom. The molecule has 17 heavy (non-hydrogen) atoms. The number of nitrogens with two attached hydrogens (primary N) is 1. The van der Waals surface area contributed by atoms with E-state index in [2.05, 4.69) is 14.9 Å². The summed E-state index contributed by atoms with van der Waals surface area (Å²) in [5, 5.41) is 7.54. The Kier molecular flexibility index (Phi) is 3.26. The van der Waals surface area contributed by atoms with Crippen LogP contribution in [0.15, 0.2) is 6.07 Å². The monoisotopic (exact) mass is 233 g/mol. The van der Waals surface area contributed by atoms with Gasteiger partial charge in [0.05, 0.1) is 5.84 Å². The second-order valence-electron chi connectivity index (χ2n) is 4.66. The fourth-order valence-corrected chi connectivity index (χ4v) is 2.30. The number of hydrogen-bond donors (Lipinski definition) is 2. The highest BCUT2D eigenvalue weighted by molar-refractivity contribution is 5.80. The number of amidine groups is 1. The molecule has 1 unspecified atom stereocenters. The number of aromatic nitrogens is 2. The molecule has 1 atom stereocenters. The Bertz CT molecular complexity index is 409. The van der Waals surface area contributed by atoms with Crippen molar-refractivity contribution in [3.8, 4) is 0 Å². The molecule has 92 valence electrons. The van der Waals surface area contributed by atoms with Crippen molar-refractivity contribution in [1.29, 1.82) is 5.41 Å². The zero-order valence-corrected chi connectivity index (χ0v) is 10.4. The van der Waals surface area contributed by atoms with Gasteiger partial charge in [0.1, 0.15) is 11.6 Å². The highest BCUT2D eigenvalue weighted by Gasteiger charge is 2.23. The van der Waals surface area contributed by atoms with Gasteiger partial charge in [0, 0.05) is 30.8 Å². The SMILES string of the molecule is Cc1cc(N2CCCC(C(=N)N)C2)nc(C)n1. The van der Waals surface area contributed by atoms with Crippen LogP contribution in [0.1, 0.15) is 24.4 Å². The zero-order valence-electron chi connectivity index (χ0n) is 10.4. The third-order valence-electron chi connectivity index (χ3n) is 3.14. The molecule has 1 saturated heterocycles. The molecule has 0 aliphatic carbocycles. The summed E-state index contributed by atoms with van der Waals surface area (Å²) in [6, 6.07) is 2.00. The molecule has 0 amide bonds. The quantitative estimate of drug-likeness (QED) is 0.595. The van der Waals surface area contributed by atoms with Crippen LogP contribution >= 0.6 is 0 Å². The normalized spacial score (nSPS) is 20.4. The highest BCUT2D eigenvalue weighted by atomic mass is 15.2. The van der Waals surface area contributed by atoms with Crippen LogP contribution in [0, 0.1) is 25.2 Å². The van der Waals surface area contributed by atoms with Crippen LogP contribution in [-0.4, -0.2) is 28.9 Å². The minimum atomic E-state index is 0.166. The van der Waals surface area contributed by atoms with Crippen molar-refractivity contribution in [3.05, 3.63) is 17.6 Å². The molecule has 0 aromatic carbocycles. The molecule has 2 heterocycles. The van der Waals surface area contributed by atoms with E-state index in [4.69, 9.17) is 11.1 Å². The van der Waals surface area contributed by atoms with Gasteiger partial charge in [0.2, 0.25) is 0 Å². The lowest BCUT2D eigenvalue weighted by atomic mass is 9.97. The van der Waals surface area contributed by atoms with E-state index in [-0.39, 0.29) is 11.8 Å². The van der Waals surface area contributed by atoms with Crippen molar-refractivity contribution in [2.75, 3.05) is 18.0 Å². The van der Waals surface area contributed by atoms with Crippen LogP contribution in [0.4, 0.5) is 5.82 Å². The van der Waals surface area contributed by atoms with Crippen molar-refractivity contribution < 1.29 is 0 Å². The molecule has 1 fully saturated rings. The molecule has 2 rings (SSSR count). The van der Waals surface area contributed by atoms with Crippen molar-refractivity contribution in [2.45, 2.75) is 26.7 Å². The summed E-state index contributed by atoms with van der Waals surface area (Å²) in [6.45, 7) is 5.67. The van der Waals surface area contributed by atoms with E-state index in [9.17, 15) is 0 Å². The fraction of sp³-hybridized carbons (Fsp3) is 0.583.